The molecule has 8 aliphatic rings. The Hall–Kier alpha value is -1.23. The maximum absolute atomic E-state index is 13.7. The standard InChI is InChI=1S/C47H78N2O7S/c1-29(50)34(49-24-26-57(54,55)27-25-49)15-23-48-47-18-12-30(43(6)19-20-43)38(47)31-10-11-36-44(7)16-14-37(56-40(53)33-28-32(39(51)52)41(33,2)3)42(4,5)35(44)13-17-46(36,9)45(31,8)21-22-47/h29-38,48,50H,10-28H2,1-9H3,(H,51,52)/t29-,30-,31-,32-,33+,34-,35+,36-,37+,38-,44+,45-,46-,47+/m1/s1. The lowest BCUT2D eigenvalue weighted by Crippen LogP contribution is -2.69. The lowest BCUT2D eigenvalue weighted by Gasteiger charge is -2.73. The molecule has 0 radical (unpaired) electrons. The Morgan fingerprint density at radius 3 is 2.07 bits per heavy atom. The minimum Gasteiger partial charge on any atom is -0.481 e. The third-order valence-electron chi connectivity index (χ3n) is 20.7. The van der Waals surface area contributed by atoms with E-state index in [4.69, 9.17) is 4.74 Å². The smallest absolute Gasteiger partial charge is 0.309 e. The molecule has 1 saturated heterocycles. The summed E-state index contributed by atoms with van der Waals surface area (Å²) in [7, 11) is -2.97. The van der Waals surface area contributed by atoms with Gasteiger partial charge in [0.2, 0.25) is 0 Å². The van der Waals surface area contributed by atoms with Gasteiger partial charge in [-0.1, -0.05) is 55.4 Å². The summed E-state index contributed by atoms with van der Waals surface area (Å²) in [5.74, 6) is 1.70. The van der Waals surface area contributed by atoms with Crippen molar-refractivity contribution >= 4 is 21.8 Å². The summed E-state index contributed by atoms with van der Waals surface area (Å²) in [4.78, 5) is 27.7. The number of hydrogen-bond acceptors (Lipinski definition) is 8. The predicted molar refractivity (Wildman–Crippen MR) is 223 cm³/mol. The largest absolute Gasteiger partial charge is 0.481 e. The van der Waals surface area contributed by atoms with Crippen molar-refractivity contribution in [3.05, 3.63) is 0 Å². The lowest BCUT2D eigenvalue weighted by molar-refractivity contribution is -0.249. The summed E-state index contributed by atoms with van der Waals surface area (Å²) in [6, 6.07) is -0.0302. The highest BCUT2D eigenvalue weighted by atomic mass is 32.2. The van der Waals surface area contributed by atoms with Crippen LogP contribution >= 0.6 is 0 Å². The first kappa shape index (κ1) is 42.5. The van der Waals surface area contributed by atoms with Crippen molar-refractivity contribution in [2.45, 2.75) is 176 Å². The van der Waals surface area contributed by atoms with Crippen LogP contribution in [0, 0.1) is 73.9 Å². The molecule has 57 heavy (non-hydrogen) atoms. The molecule has 0 aromatic heterocycles. The fraction of sp³-hybridized carbons (Fsp3) is 0.957. The molecule has 0 amide bonds. The van der Waals surface area contributed by atoms with Crippen molar-refractivity contribution in [1.29, 1.82) is 0 Å². The maximum atomic E-state index is 13.7. The van der Waals surface area contributed by atoms with Crippen LogP contribution in [0.3, 0.4) is 0 Å². The number of nitrogens with one attached hydrogen (secondary N) is 1. The summed E-state index contributed by atoms with van der Waals surface area (Å²) < 4.78 is 30.9. The number of rotatable bonds is 10. The van der Waals surface area contributed by atoms with E-state index in [0.717, 1.165) is 38.1 Å². The Morgan fingerprint density at radius 2 is 1.46 bits per heavy atom. The quantitative estimate of drug-likeness (QED) is 0.190. The van der Waals surface area contributed by atoms with Crippen molar-refractivity contribution < 1.29 is 33.0 Å². The molecule has 7 aliphatic carbocycles. The molecule has 8 fully saturated rings. The molecule has 14 atom stereocenters. The van der Waals surface area contributed by atoms with Crippen LogP contribution in [0.15, 0.2) is 0 Å². The monoisotopic (exact) mass is 815 g/mol. The molecule has 0 unspecified atom stereocenters. The first-order valence-electron chi connectivity index (χ1n) is 23.3. The van der Waals surface area contributed by atoms with E-state index in [9.17, 15) is 28.2 Å². The minimum absolute atomic E-state index is 0.0302. The molecular formula is C47H78N2O7S. The van der Waals surface area contributed by atoms with Crippen LogP contribution in [0.4, 0.5) is 0 Å². The van der Waals surface area contributed by atoms with Crippen LogP contribution < -0.4 is 5.32 Å². The van der Waals surface area contributed by atoms with Gasteiger partial charge in [0.1, 0.15) is 6.10 Å². The molecular weight excluding hydrogens is 737 g/mol. The fourth-order valence-corrected chi connectivity index (χ4v) is 17.9. The van der Waals surface area contributed by atoms with Crippen molar-refractivity contribution in [2.24, 2.45) is 73.9 Å². The Morgan fingerprint density at radius 1 is 0.772 bits per heavy atom. The lowest BCUT2D eigenvalue weighted by atomic mass is 9.32. The second-order valence-electron chi connectivity index (χ2n) is 23.6. The average Bonchev–Trinajstić information content (AvgIpc) is 3.74. The van der Waals surface area contributed by atoms with Gasteiger partial charge in [0.15, 0.2) is 9.84 Å². The number of fused-ring (bicyclic) bond motifs is 7. The highest BCUT2D eigenvalue weighted by Crippen LogP contribution is 2.78. The molecule has 3 N–H and O–H groups in total. The van der Waals surface area contributed by atoms with Gasteiger partial charge in [-0.3, -0.25) is 14.5 Å². The highest BCUT2D eigenvalue weighted by Gasteiger charge is 2.72. The fourth-order valence-electron chi connectivity index (χ4n) is 16.7. The molecule has 1 aliphatic heterocycles. The Bertz CT molecular complexity index is 1690. The van der Waals surface area contributed by atoms with Gasteiger partial charge >= 0.3 is 11.9 Å². The van der Waals surface area contributed by atoms with Gasteiger partial charge in [-0.25, -0.2) is 8.42 Å². The van der Waals surface area contributed by atoms with Crippen molar-refractivity contribution in [3.63, 3.8) is 0 Å². The molecule has 0 aromatic carbocycles. The van der Waals surface area contributed by atoms with Crippen LogP contribution in [0.2, 0.25) is 0 Å². The number of aliphatic hydroxyl groups excluding tert-OH is 1. The predicted octanol–water partition coefficient (Wildman–Crippen LogP) is 7.74. The molecule has 0 aromatic rings. The van der Waals surface area contributed by atoms with Crippen LogP contribution in [0.5, 0.6) is 0 Å². The maximum Gasteiger partial charge on any atom is 0.309 e. The topological polar surface area (TPSA) is 133 Å². The Labute approximate surface area is 344 Å². The third-order valence-corrected chi connectivity index (χ3v) is 22.3. The highest BCUT2D eigenvalue weighted by molar-refractivity contribution is 7.91. The molecule has 9 nitrogen and oxygen atoms in total. The molecule has 1 heterocycles. The first-order chi connectivity index (χ1) is 26.5. The number of aliphatic carboxylic acids is 1. The number of sulfone groups is 1. The zero-order valence-corrected chi connectivity index (χ0v) is 37.8. The second-order valence-corrected chi connectivity index (χ2v) is 26.0. The summed E-state index contributed by atoms with van der Waals surface area (Å²) >= 11 is 0. The Kier molecular flexibility index (Phi) is 10.3. The Balaban J connectivity index is 0.998. The molecule has 324 valence electrons. The number of carboxylic acid groups (broad SMARTS) is 1. The average molecular weight is 815 g/mol. The molecule has 0 bridgehead atoms. The van der Waals surface area contributed by atoms with Gasteiger partial charge in [0.05, 0.1) is 29.4 Å². The summed E-state index contributed by atoms with van der Waals surface area (Å²) in [6.45, 7) is 22.9. The van der Waals surface area contributed by atoms with E-state index in [2.05, 4.69) is 51.8 Å². The number of carbonyl (C=O) groups excluding carboxylic acids is 1. The van der Waals surface area contributed by atoms with Gasteiger partial charge in [-0.2, -0.15) is 0 Å². The van der Waals surface area contributed by atoms with Crippen LogP contribution in [-0.4, -0.2) is 90.4 Å². The van der Waals surface area contributed by atoms with Crippen LogP contribution in [-0.2, 0) is 24.2 Å². The number of carbonyl (C=O) groups is 2. The number of carboxylic acids is 1. The molecule has 8 rings (SSSR count). The minimum atomic E-state index is -2.97. The number of ether oxygens (including phenoxy) is 1. The van der Waals surface area contributed by atoms with Crippen molar-refractivity contribution in [3.8, 4) is 0 Å². The third kappa shape index (κ3) is 6.45. The molecule has 0 spiro atoms. The van der Waals surface area contributed by atoms with Gasteiger partial charge in [-0.05, 0) is 160 Å². The van der Waals surface area contributed by atoms with E-state index in [0.29, 0.717) is 48.6 Å². The van der Waals surface area contributed by atoms with E-state index in [1.54, 1.807) is 0 Å². The number of hydrogen-bond donors (Lipinski definition) is 3. The first-order valence-corrected chi connectivity index (χ1v) is 25.1. The SMILES string of the molecule is C[C@@H](O)[C@@H](CCN[C@]12CC[C@@H](C3(C)CC3)[C@@H]1[C@H]1CC[C@@H]3[C@@]4(C)CC[C@H](OC(=O)[C@@H]5C[C@H](C(=O)O)C5(C)C)C(C)(C)[C@@H]4CC[C@@]3(C)[C@]1(C)CC2)N1CCS(=O)(=O)CC1. The van der Waals surface area contributed by atoms with Crippen molar-refractivity contribution in [2.75, 3.05) is 31.1 Å². The summed E-state index contributed by atoms with van der Waals surface area (Å²) in [5, 5.41) is 24.9. The molecule has 10 heteroatoms. The van der Waals surface area contributed by atoms with Gasteiger partial charge in [0, 0.05) is 30.1 Å². The number of aliphatic hydroxyl groups is 1. The van der Waals surface area contributed by atoms with Gasteiger partial charge < -0.3 is 20.3 Å². The van der Waals surface area contributed by atoms with E-state index < -0.39 is 33.2 Å². The number of nitrogens with zero attached hydrogens (tertiary/aromatic N) is 1. The van der Waals surface area contributed by atoms with Crippen molar-refractivity contribution in [1.82, 2.24) is 10.2 Å². The van der Waals surface area contributed by atoms with Crippen LogP contribution in [0.1, 0.15) is 152 Å². The molecule has 7 saturated carbocycles. The van der Waals surface area contributed by atoms with Gasteiger partial charge in [0.25, 0.3) is 0 Å². The van der Waals surface area contributed by atoms with E-state index in [1.807, 2.05) is 20.8 Å². The zero-order valence-electron chi connectivity index (χ0n) is 37.0. The van der Waals surface area contributed by atoms with Crippen LogP contribution in [0.25, 0.3) is 0 Å². The second kappa shape index (κ2) is 13.9. The number of esters is 1. The summed E-state index contributed by atoms with van der Waals surface area (Å²) in [6.07, 6.45) is 15.2. The van der Waals surface area contributed by atoms with Gasteiger partial charge in [-0.15, -0.1) is 0 Å². The van der Waals surface area contributed by atoms with E-state index >= 15 is 0 Å². The van der Waals surface area contributed by atoms with E-state index in [1.165, 1.54) is 57.8 Å². The normalized spacial score (nSPS) is 47.5. The summed E-state index contributed by atoms with van der Waals surface area (Å²) in [5.41, 5.74) is 0.501. The zero-order chi connectivity index (χ0) is 41.4. The van der Waals surface area contributed by atoms with E-state index in [-0.39, 0.29) is 62.7 Å².